The number of halogens is 1. The van der Waals surface area contributed by atoms with E-state index >= 15 is 0 Å². The van der Waals surface area contributed by atoms with Gasteiger partial charge in [-0.05, 0) is 35.4 Å². The fraction of sp³-hybridized carbons (Fsp3) is 0.222. The van der Waals surface area contributed by atoms with Crippen LogP contribution in [0.1, 0.15) is 11.1 Å². The normalized spacial score (nSPS) is 10.2. The first-order chi connectivity index (χ1) is 11.1. The Morgan fingerprint density at radius 2 is 1.25 bits per heavy atom. The average molecular weight is 352 g/mol. The quantitative estimate of drug-likeness (QED) is 0.631. The van der Waals surface area contributed by atoms with Gasteiger partial charge in [0.2, 0.25) is 5.75 Å². The lowest BCUT2D eigenvalue weighted by Gasteiger charge is -2.12. The van der Waals surface area contributed by atoms with Gasteiger partial charge in [0.05, 0.1) is 34.1 Å². The first kappa shape index (κ1) is 19.5. The molecule has 0 aliphatic carbocycles. The summed E-state index contributed by atoms with van der Waals surface area (Å²) in [7, 11) is 6.36. The van der Waals surface area contributed by atoms with E-state index in [4.69, 9.17) is 24.7 Å². The van der Waals surface area contributed by atoms with Crippen LogP contribution < -0.4 is 24.7 Å². The Labute approximate surface area is 148 Å². The average Bonchev–Trinajstić information content (AvgIpc) is 2.58. The van der Waals surface area contributed by atoms with Crippen LogP contribution in [0.2, 0.25) is 0 Å². The van der Waals surface area contributed by atoms with Crippen molar-refractivity contribution in [2.45, 2.75) is 0 Å². The maximum absolute atomic E-state index is 5.91. The molecular weight excluding hydrogens is 330 g/mol. The standard InChI is InChI=1S/C18H21NO4.ClH/c1-20-15-8-7-12(9-14(15)19)5-6-13-10-16(21-2)18(23-4)17(11-13)22-3;/h5-11H,19H2,1-4H3;1H/b6-5-;. The minimum atomic E-state index is 0. The number of benzene rings is 2. The molecule has 0 aliphatic rings. The number of anilines is 1. The third-order valence-electron chi connectivity index (χ3n) is 3.41. The Morgan fingerprint density at radius 3 is 1.71 bits per heavy atom. The number of nitrogen functional groups attached to an aromatic ring is 1. The molecule has 0 saturated heterocycles. The fourth-order valence-corrected chi connectivity index (χ4v) is 2.25. The van der Waals surface area contributed by atoms with E-state index < -0.39 is 0 Å². The van der Waals surface area contributed by atoms with Gasteiger partial charge in [0.15, 0.2) is 11.5 Å². The van der Waals surface area contributed by atoms with Crippen molar-refractivity contribution in [1.29, 1.82) is 0 Å². The van der Waals surface area contributed by atoms with Crippen molar-refractivity contribution in [2.24, 2.45) is 0 Å². The lowest BCUT2D eigenvalue weighted by Crippen LogP contribution is -1.95. The zero-order chi connectivity index (χ0) is 16.8. The van der Waals surface area contributed by atoms with Gasteiger partial charge in [-0.1, -0.05) is 18.2 Å². The maximum atomic E-state index is 5.91. The smallest absolute Gasteiger partial charge is 0.203 e. The van der Waals surface area contributed by atoms with Crippen LogP contribution >= 0.6 is 12.4 Å². The zero-order valence-corrected chi connectivity index (χ0v) is 15.0. The summed E-state index contributed by atoms with van der Waals surface area (Å²) in [6, 6.07) is 9.39. The third-order valence-corrected chi connectivity index (χ3v) is 3.41. The van der Waals surface area contributed by atoms with Gasteiger partial charge in [-0.3, -0.25) is 0 Å². The molecule has 0 spiro atoms. The summed E-state index contributed by atoms with van der Waals surface area (Å²) in [4.78, 5) is 0. The predicted molar refractivity (Wildman–Crippen MR) is 99.7 cm³/mol. The molecule has 24 heavy (non-hydrogen) atoms. The SMILES string of the molecule is COc1ccc(/C=C\c2cc(OC)c(OC)c(OC)c2)cc1N.Cl. The highest BCUT2D eigenvalue weighted by Gasteiger charge is 2.11. The topological polar surface area (TPSA) is 62.9 Å². The highest BCUT2D eigenvalue weighted by Crippen LogP contribution is 2.38. The van der Waals surface area contributed by atoms with Gasteiger partial charge in [-0.2, -0.15) is 0 Å². The molecule has 0 bridgehead atoms. The minimum absolute atomic E-state index is 0. The van der Waals surface area contributed by atoms with Gasteiger partial charge in [-0.25, -0.2) is 0 Å². The largest absolute Gasteiger partial charge is 0.495 e. The van der Waals surface area contributed by atoms with Crippen molar-refractivity contribution < 1.29 is 18.9 Å². The molecule has 0 amide bonds. The van der Waals surface area contributed by atoms with Gasteiger partial charge in [0.25, 0.3) is 0 Å². The first-order valence-corrected chi connectivity index (χ1v) is 7.04. The molecule has 0 atom stereocenters. The van der Waals surface area contributed by atoms with Crippen molar-refractivity contribution in [2.75, 3.05) is 34.2 Å². The summed E-state index contributed by atoms with van der Waals surface area (Å²) < 4.78 is 21.2. The van der Waals surface area contributed by atoms with Gasteiger partial charge >= 0.3 is 0 Å². The molecule has 0 aliphatic heterocycles. The molecule has 130 valence electrons. The number of hydrogen-bond donors (Lipinski definition) is 1. The van der Waals surface area contributed by atoms with Gasteiger partial charge in [0.1, 0.15) is 5.75 Å². The number of methoxy groups -OCH3 is 4. The lowest BCUT2D eigenvalue weighted by atomic mass is 10.1. The van der Waals surface area contributed by atoms with Crippen LogP contribution in [0, 0.1) is 0 Å². The minimum Gasteiger partial charge on any atom is -0.495 e. The summed E-state index contributed by atoms with van der Waals surface area (Å²) in [6.45, 7) is 0. The van der Waals surface area contributed by atoms with E-state index in [0.717, 1.165) is 11.1 Å². The summed E-state index contributed by atoms with van der Waals surface area (Å²) >= 11 is 0. The van der Waals surface area contributed by atoms with E-state index in [1.54, 1.807) is 28.4 Å². The Kier molecular flexibility index (Phi) is 7.27. The molecule has 0 fully saturated rings. The van der Waals surface area contributed by atoms with Gasteiger partial charge in [-0.15, -0.1) is 12.4 Å². The molecule has 0 aromatic heterocycles. The molecule has 0 saturated carbocycles. The zero-order valence-electron chi connectivity index (χ0n) is 14.2. The van der Waals surface area contributed by atoms with Crippen molar-refractivity contribution in [3.63, 3.8) is 0 Å². The van der Waals surface area contributed by atoms with E-state index in [0.29, 0.717) is 28.7 Å². The van der Waals surface area contributed by atoms with Crippen molar-refractivity contribution in [3.05, 3.63) is 41.5 Å². The molecule has 2 aromatic carbocycles. The van der Waals surface area contributed by atoms with E-state index in [1.807, 2.05) is 42.5 Å². The van der Waals surface area contributed by atoms with Crippen molar-refractivity contribution >= 4 is 30.2 Å². The third kappa shape index (κ3) is 4.26. The molecule has 0 radical (unpaired) electrons. The van der Waals surface area contributed by atoms with Gasteiger partial charge < -0.3 is 24.7 Å². The predicted octanol–water partition coefficient (Wildman–Crippen LogP) is 3.90. The van der Waals surface area contributed by atoms with Crippen LogP contribution in [0.5, 0.6) is 23.0 Å². The van der Waals surface area contributed by atoms with Crippen LogP contribution in [0.15, 0.2) is 30.3 Å². The van der Waals surface area contributed by atoms with Crippen molar-refractivity contribution in [3.8, 4) is 23.0 Å². The fourth-order valence-electron chi connectivity index (χ4n) is 2.25. The Balaban J connectivity index is 0.00000288. The first-order valence-electron chi connectivity index (χ1n) is 7.04. The van der Waals surface area contributed by atoms with Crippen molar-refractivity contribution in [1.82, 2.24) is 0 Å². The highest BCUT2D eigenvalue weighted by molar-refractivity contribution is 5.85. The van der Waals surface area contributed by atoms with E-state index in [1.165, 1.54) is 0 Å². The van der Waals surface area contributed by atoms with Crippen LogP contribution in [-0.2, 0) is 0 Å². The van der Waals surface area contributed by atoms with E-state index in [-0.39, 0.29) is 12.4 Å². The molecule has 6 heteroatoms. The molecular formula is C18H22ClNO4. The Bertz CT molecular complexity index is 691. The number of rotatable bonds is 6. The molecule has 2 rings (SSSR count). The second-order valence-electron chi connectivity index (χ2n) is 4.79. The van der Waals surface area contributed by atoms with E-state index in [2.05, 4.69) is 0 Å². The number of ether oxygens (including phenoxy) is 4. The Morgan fingerprint density at radius 1 is 0.708 bits per heavy atom. The molecule has 5 nitrogen and oxygen atoms in total. The molecule has 2 aromatic rings. The molecule has 2 N–H and O–H groups in total. The van der Waals surface area contributed by atoms with Crippen LogP contribution in [0.25, 0.3) is 12.2 Å². The highest BCUT2D eigenvalue weighted by atomic mass is 35.5. The van der Waals surface area contributed by atoms with Crippen LogP contribution in [-0.4, -0.2) is 28.4 Å². The number of nitrogens with two attached hydrogens (primary N) is 1. The van der Waals surface area contributed by atoms with Gasteiger partial charge in [0, 0.05) is 0 Å². The summed E-state index contributed by atoms with van der Waals surface area (Å²) in [6.07, 6.45) is 3.90. The number of hydrogen-bond acceptors (Lipinski definition) is 5. The molecule has 0 unspecified atom stereocenters. The maximum Gasteiger partial charge on any atom is 0.203 e. The second-order valence-corrected chi connectivity index (χ2v) is 4.79. The Hall–Kier alpha value is -2.53. The monoisotopic (exact) mass is 351 g/mol. The second kappa shape index (κ2) is 8.93. The summed E-state index contributed by atoms with van der Waals surface area (Å²) in [5, 5.41) is 0. The molecule has 0 heterocycles. The summed E-state index contributed by atoms with van der Waals surface area (Å²) in [5.74, 6) is 2.46. The van der Waals surface area contributed by atoms with E-state index in [9.17, 15) is 0 Å². The lowest BCUT2D eigenvalue weighted by molar-refractivity contribution is 0.324. The summed E-state index contributed by atoms with van der Waals surface area (Å²) in [5.41, 5.74) is 8.41. The van der Waals surface area contributed by atoms with Crippen LogP contribution in [0.4, 0.5) is 5.69 Å². The van der Waals surface area contributed by atoms with Crippen LogP contribution in [0.3, 0.4) is 0 Å².